The number of hydrogen-bond donors (Lipinski definition) is 2. The Kier molecular flexibility index (Phi) is 2.44. The Morgan fingerprint density at radius 2 is 2.28 bits per heavy atom. The van der Waals surface area contributed by atoms with E-state index < -0.39 is 6.03 Å². The SMILES string of the molecule is NC(=O)Nc1c2c(nn1-c1ccnnc1)CCC2. The molecule has 0 spiro atoms. The Bertz CT molecular complexity index is 591. The third-order valence-corrected chi connectivity index (χ3v) is 2.96. The van der Waals surface area contributed by atoms with Gasteiger partial charge in [0.15, 0.2) is 0 Å². The van der Waals surface area contributed by atoms with E-state index in [-0.39, 0.29) is 0 Å². The summed E-state index contributed by atoms with van der Waals surface area (Å²) in [6, 6.07) is 1.19. The standard InChI is InChI=1S/C11H12N6O/c12-11(18)15-10-8-2-1-3-9(8)16-17(10)7-4-5-13-14-6-7/h4-6H,1-3H2,(H3,12,15,18). The van der Waals surface area contributed by atoms with Gasteiger partial charge in [0.25, 0.3) is 0 Å². The maximum absolute atomic E-state index is 11.1. The number of nitrogens with one attached hydrogen (secondary N) is 1. The van der Waals surface area contributed by atoms with Crippen LogP contribution < -0.4 is 11.1 Å². The van der Waals surface area contributed by atoms with Crippen molar-refractivity contribution < 1.29 is 4.79 Å². The van der Waals surface area contributed by atoms with Crippen molar-refractivity contribution in [1.29, 1.82) is 0 Å². The third-order valence-electron chi connectivity index (χ3n) is 2.96. The van der Waals surface area contributed by atoms with Crippen LogP contribution in [0.1, 0.15) is 17.7 Å². The number of aryl methyl sites for hydroxylation is 1. The number of urea groups is 1. The summed E-state index contributed by atoms with van der Waals surface area (Å²) in [6.07, 6.45) is 6.06. The van der Waals surface area contributed by atoms with Crippen molar-refractivity contribution in [2.45, 2.75) is 19.3 Å². The van der Waals surface area contributed by atoms with Gasteiger partial charge in [-0.25, -0.2) is 9.48 Å². The average molecular weight is 244 g/mol. The fraction of sp³-hybridized carbons (Fsp3) is 0.273. The van der Waals surface area contributed by atoms with Crippen LogP contribution in [0, 0.1) is 0 Å². The van der Waals surface area contributed by atoms with Crippen molar-refractivity contribution >= 4 is 11.8 Å². The molecule has 1 aliphatic rings. The average Bonchev–Trinajstić information content (AvgIpc) is 2.93. The molecule has 7 nitrogen and oxygen atoms in total. The fourth-order valence-corrected chi connectivity index (χ4v) is 2.23. The van der Waals surface area contributed by atoms with Crippen LogP contribution in [0.15, 0.2) is 18.5 Å². The van der Waals surface area contributed by atoms with Gasteiger partial charge in [0.05, 0.1) is 23.8 Å². The topological polar surface area (TPSA) is 98.7 Å². The number of amides is 2. The Labute approximate surface area is 103 Å². The monoisotopic (exact) mass is 244 g/mol. The molecular formula is C11H12N6O. The van der Waals surface area contributed by atoms with Crippen LogP contribution in [0.5, 0.6) is 0 Å². The predicted octanol–water partition coefficient (Wildman–Crippen LogP) is 0.642. The van der Waals surface area contributed by atoms with E-state index in [1.165, 1.54) is 0 Å². The van der Waals surface area contributed by atoms with Crippen LogP contribution in [0.4, 0.5) is 10.6 Å². The van der Waals surface area contributed by atoms with E-state index in [9.17, 15) is 4.79 Å². The van der Waals surface area contributed by atoms with Crippen LogP contribution in [-0.2, 0) is 12.8 Å². The second kappa shape index (κ2) is 4.10. The van der Waals surface area contributed by atoms with Crippen LogP contribution in [-0.4, -0.2) is 26.0 Å². The summed E-state index contributed by atoms with van der Waals surface area (Å²) >= 11 is 0. The molecule has 92 valence electrons. The van der Waals surface area contributed by atoms with Crippen molar-refractivity contribution in [3.05, 3.63) is 29.7 Å². The Balaban J connectivity index is 2.12. The van der Waals surface area contributed by atoms with Crippen LogP contribution in [0.2, 0.25) is 0 Å². The van der Waals surface area contributed by atoms with Crippen molar-refractivity contribution in [1.82, 2.24) is 20.0 Å². The number of carbonyl (C=O) groups is 1. The van der Waals surface area contributed by atoms with E-state index >= 15 is 0 Å². The normalized spacial score (nSPS) is 13.3. The van der Waals surface area contributed by atoms with Gasteiger partial charge >= 0.3 is 6.03 Å². The highest BCUT2D eigenvalue weighted by Gasteiger charge is 2.23. The maximum atomic E-state index is 11.1. The molecule has 0 saturated carbocycles. The molecule has 0 aliphatic heterocycles. The lowest BCUT2D eigenvalue weighted by Gasteiger charge is -2.08. The first kappa shape index (κ1) is 10.7. The molecular weight excluding hydrogens is 232 g/mol. The molecule has 18 heavy (non-hydrogen) atoms. The summed E-state index contributed by atoms with van der Waals surface area (Å²) in [5.74, 6) is 0.642. The molecule has 2 aromatic heterocycles. The molecule has 0 fully saturated rings. The van der Waals surface area contributed by atoms with E-state index in [2.05, 4.69) is 20.6 Å². The first-order valence-electron chi connectivity index (χ1n) is 5.70. The molecule has 0 unspecified atom stereocenters. The Hall–Kier alpha value is -2.44. The summed E-state index contributed by atoms with van der Waals surface area (Å²) in [6.45, 7) is 0. The van der Waals surface area contributed by atoms with Gasteiger partial charge in [-0.1, -0.05) is 0 Å². The van der Waals surface area contributed by atoms with E-state index in [1.54, 1.807) is 23.1 Å². The van der Waals surface area contributed by atoms with E-state index in [1.807, 2.05) is 0 Å². The number of nitrogens with zero attached hydrogens (tertiary/aromatic N) is 4. The van der Waals surface area contributed by atoms with Gasteiger partial charge in [0, 0.05) is 5.56 Å². The minimum Gasteiger partial charge on any atom is -0.351 e. The summed E-state index contributed by atoms with van der Waals surface area (Å²) < 4.78 is 1.66. The Morgan fingerprint density at radius 3 is 3.00 bits per heavy atom. The second-order valence-electron chi connectivity index (χ2n) is 4.13. The lowest BCUT2D eigenvalue weighted by atomic mass is 10.2. The lowest BCUT2D eigenvalue weighted by Crippen LogP contribution is -2.22. The summed E-state index contributed by atoms with van der Waals surface area (Å²) in [7, 11) is 0. The molecule has 0 saturated heterocycles. The number of hydrogen-bond acceptors (Lipinski definition) is 4. The minimum atomic E-state index is -0.590. The van der Waals surface area contributed by atoms with Gasteiger partial charge in [-0.15, -0.1) is 0 Å². The van der Waals surface area contributed by atoms with Crippen LogP contribution >= 0.6 is 0 Å². The molecule has 2 heterocycles. The molecule has 0 bridgehead atoms. The van der Waals surface area contributed by atoms with Gasteiger partial charge in [-0.3, -0.25) is 5.32 Å². The number of carbonyl (C=O) groups excluding carboxylic acids is 1. The number of fused-ring (bicyclic) bond motifs is 1. The Morgan fingerprint density at radius 1 is 1.39 bits per heavy atom. The lowest BCUT2D eigenvalue weighted by molar-refractivity contribution is 0.259. The van der Waals surface area contributed by atoms with Crippen molar-refractivity contribution in [3.63, 3.8) is 0 Å². The summed E-state index contributed by atoms with van der Waals surface area (Å²) in [4.78, 5) is 11.1. The molecule has 3 N–H and O–H groups in total. The minimum absolute atomic E-state index is 0.590. The molecule has 0 radical (unpaired) electrons. The molecule has 2 aromatic rings. The van der Waals surface area contributed by atoms with Gasteiger partial charge in [-0.05, 0) is 25.3 Å². The second-order valence-corrected chi connectivity index (χ2v) is 4.13. The zero-order valence-corrected chi connectivity index (χ0v) is 9.63. The molecule has 7 heteroatoms. The highest BCUT2D eigenvalue weighted by atomic mass is 16.2. The highest BCUT2D eigenvalue weighted by molar-refractivity contribution is 5.88. The number of primary amides is 1. The maximum Gasteiger partial charge on any atom is 0.317 e. The van der Waals surface area contributed by atoms with Crippen molar-refractivity contribution in [2.24, 2.45) is 5.73 Å². The largest absolute Gasteiger partial charge is 0.351 e. The summed E-state index contributed by atoms with van der Waals surface area (Å²) in [5, 5.41) is 14.7. The highest BCUT2D eigenvalue weighted by Crippen LogP contribution is 2.30. The first-order valence-corrected chi connectivity index (χ1v) is 5.70. The molecule has 3 rings (SSSR count). The zero-order chi connectivity index (χ0) is 12.5. The quantitative estimate of drug-likeness (QED) is 0.809. The summed E-state index contributed by atoms with van der Waals surface area (Å²) in [5.41, 5.74) is 8.03. The van der Waals surface area contributed by atoms with E-state index in [4.69, 9.17) is 5.73 Å². The number of nitrogens with two attached hydrogens (primary N) is 1. The van der Waals surface area contributed by atoms with Gasteiger partial charge in [0.1, 0.15) is 5.82 Å². The zero-order valence-electron chi connectivity index (χ0n) is 9.63. The van der Waals surface area contributed by atoms with E-state index in [0.717, 1.165) is 36.2 Å². The van der Waals surface area contributed by atoms with E-state index in [0.29, 0.717) is 5.82 Å². The van der Waals surface area contributed by atoms with Gasteiger partial charge in [-0.2, -0.15) is 15.3 Å². The number of rotatable bonds is 2. The van der Waals surface area contributed by atoms with Gasteiger partial charge < -0.3 is 5.73 Å². The van der Waals surface area contributed by atoms with Crippen LogP contribution in [0.3, 0.4) is 0 Å². The molecule has 1 aliphatic carbocycles. The first-order chi connectivity index (χ1) is 8.75. The molecule has 0 aromatic carbocycles. The molecule has 2 amide bonds. The molecule has 0 atom stereocenters. The fourth-order valence-electron chi connectivity index (χ4n) is 2.23. The smallest absolute Gasteiger partial charge is 0.317 e. The number of anilines is 1. The third kappa shape index (κ3) is 1.69. The number of aromatic nitrogens is 4. The van der Waals surface area contributed by atoms with Crippen molar-refractivity contribution in [2.75, 3.05) is 5.32 Å². The predicted molar refractivity (Wildman–Crippen MR) is 64.4 cm³/mol. The van der Waals surface area contributed by atoms with Crippen molar-refractivity contribution in [3.8, 4) is 5.69 Å². The van der Waals surface area contributed by atoms with Gasteiger partial charge in [0.2, 0.25) is 0 Å². The van der Waals surface area contributed by atoms with Crippen LogP contribution in [0.25, 0.3) is 5.69 Å².